The molecule has 1 nitrogen and oxygen atoms in total. The first kappa shape index (κ1) is 14.8. The minimum Gasteiger partial charge on any atom is -0.382 e. The van der Waals surface area contributed by atoms with Crippen molar-refractivity contribution in [2.24, 2.45) is 0 Å². The van der Waals surface area contributed by atoms with Crippen LogP contribution in [0.5, 0.6) is 0 Å². The molecular weight excluding hydrogens is 216 g/mol. The first-order chi connectivity index (χ1) is 5.36. The van der Waals surface area contributed by atoms with E-state index in [1.165, 1.54) is 0 Å². The van der Waals surface area contributed by atoms with E-state index in [1.54, 1.807) is 0 Å². The summed E-state index contributed by atoms with van der Waals surface area (Å²) in [5, 5.41) is -3.93. The normalized spacial score (nSPS) is 13.2. The predicted octanol–water partition coefficient (Wildman–Crippen LogP) is 3.40. The van der Waals surface area contributed by atoms with Crippen LogP contribution in [0, 0.1) is 0 Å². The van der Waals surface area contributed by atoms with E-state index in [0.717, 1.165) is 13.2 Å². The Hall–Kier alpha value is 0.330. The van der Waals surface area contributed by atoms with Gasteiger partial charge in [-0.3, -0.25) is 0 Å². The summed E-state index contributed by atoms with van der Waals surface area (Å²) in [4.78, 5) is 0. The maximum absolute atomic E-state index is 11.1. The number of alkyl halides is 5. The average molecular weight is 227 g/mol. The van der Waals surface area contributed by atoms with Crippen LogP contribution in [-0.4, -0.2) is 24.2 Å². The zero-order valence-electron chi connectivity index (χ0n) is 6.79. The van der Waals surface area contributed by atoms with Gasteiger partial charge in [0.15, 0.2) is 0 Å². The van der Waals surface area contributed by atoms with E-state index in [-0.39, 0.29) is 0 Å². The second-order valence-electron chi connectivity index (χ2n) is 1.62. The summed E-state index contributed by atoms with van der Waals surface area (Å²) in [6.45, 7) is 5.67. The van der Waals surface area contributed by atoms with Crippen LogP contribution in [0.25, 0.3) is 0 Å². The highest BCUT2D eigenvalue weighted by Gasteiger charge is 2.35. The highest BCUT2D eigenvalue weighted by atomic mass is 35.5. The summed E-state index contributed by atoms with van der Waals surface area (Å²) in [6, 6.07) is 0. The summed E-state index contributed by atoms with van der Waals surface area (Å²) in [5.74, 6) is 0. The van der Waals surface area contributed by atoms with Gasteiger partial charge in [-0.25, -0.2) is 4.39 Å². The van der Waals surface area contributed by atoms with Crippen LogP contribution in [0.3, 0.4) is 0 Å². The number of hydrogen-bond acceptors (Lipinski definition) is 1. The average Bonchev–Trinajstić information content (AvgIpc) is 1.88. The molecule has 0 N–H and O–H groups in total. The molecule has 0 radical (unpaired) electrons. The Balaban J connectivity index is 0. The molecule has 0 rings (SSSR count). The molecule has 0 aliphatic heterocycles. The van der Waals surface area contributed by atoms with Crippen molar-refractivity contribution < 1.29 is 17.9 Å². The molecule has 0 heterocycles. The van der Waals surface area contributed by atoms with Gasteiger partial charge in [0.05, 0.1) is 0 Å². The molecule has 0 spiro atoms. The van der Waals surface area contributed by atoms with Gasteiger partial charge in [0, 0.05) is 13.2 Å². The lowest BCUT2D eigenvalue weighted by atomic mass is 10.8. The van der Waals surface area contributed by atoms with Gasteiger partial charge in [0.1, 0.15) is 0 Å². The number of ether oxygens (including phenoxy) is 1. The van der Waals surface area contributed by atoms with Crippen molar-refractivity contribution >= 4 is 23.2 Å². The molecule has 76 valence electrons. The van der Waals surface area contributed by atoms with Crippen LogP contribution in [0.4, 0.5) is 13.2 Å². The Bertz CT molecular complexity index is 93.3. The fourth-order valence-electron chi connectivity index (χ4n) is 0.204. The second kappa shape index (κ2) is 7.95. The summed E-state index contributed by atoms with van der Waals surface area (Å²) in [5.41, 5.74) is -2.80. The fraction of sp³-hybridized carbons (Fsp3) is 1.00. The molecule has 0 bridgehead atoms. The highest BCUT2D eigenvalue weighted by Crippen LogP contribution is 2.28. The van der Waals surface area contributed by atoms with Gasteiger partial charge in [-0.1, -0.05) is 11.6 Å². The molecule has 1 atom stereocenters. The molecule has 0 saturated heterocycles. The van der Waals surface area contributed by atoms with Gasteiger partial charge in [-0.05, 0) is 25.4 Å². The monoisotopic (exact) mass is 226 g/mol. The van der Waals surface area contributed by atoms with Gasteiger partial charge >= 0.3 is 5.38 Å². The Morgan fingerprint density at radius 2 is 1.58 bits per heavy atom. The van der Waals surface area contributed by atoms with Crippen LogP contribution >= 0.6 is 23.2 Å². The molecule has 0 aromatic carbocycles. The molecular formula is C6H11Cl2F3O. The molecule has 0 amide bonds. The molecule has 0 saturated carbocycles. The second-order valence-corrected chi connectivity index (χ2v) is 2.51. The first-order valence-corrected chi connectivity index (χ1v) is 4.10. The van der Waals surface area contributed by atoms with Crippen molar-refractivity contribution in [3.05, 3.63) is 0 Å². The largest absolute Gasteiger partial charge is 0.382 e. The number of rotatable bonds is 3. The summed E-state index contributed by atoms with van der Waals surface area (Å²) in [6.07, 6.45) is 0. The van der Waals surface area contributed by atoms with E-state index in [1.807, 2.05) is 13.8 Å². The van der Waals surface area contributed by atoms with Crippen LogP contribution in [0.2, 0.25) is 0 Å². The summed E-state index contributed by atoms with van der Waals surface area (Å²) >= 11 is 8.23. The van der Waals surface area contributed by atoms with Crippen LogP contribution < -0.4 is 0 Å². The number of halogens is 5. The fourth-order valence-corrected chi connectivity index (χ4v) is 0.204. The van der Waals surface area contributed by atoms with Crippen LogP contribution in [0.15, 0.2) is 0 Å². The van der Waals surface area contributed by atoms with Crippen molar-refractivity contribution in [1.29, 1.82) is 0 Å². The van der Waals surface area contributed by atoms with Gasteiger partial charge in [-0.2, -0.15) is 8.78 Å². The number of hydrogen-bond donors (Lipinski definition) is 0. The van der Waals surface area contributed by atoms with Gasteiger partial charge in [0.25, 0.3) is 5.63 Å². The predicted molar refractivity (Wildman–Crippen MR) is 43.7 cm³/mol. The Morgan fingerprint density at radius 3 is 1.58 bits per heavy atom. The van der Waals surface area contributed by atoms with Crippen LogP contribution in [0.1, 0.15) is 13.8 Å². The third kappa shape index (κ3) is 13.0. The third-order valence-corrected chi connectivity index (χ3v) is 1.23. The van der Waals surface area contributed by atoms with Crippen LogP contribution in [-0.2, 0) is 4.74 Å². The topological polar surface area (TPSA) is 9.23 Å². The third-order valence-electron chi connectivity index (χ3n) is 0.656. The SMILES string of the molecule is CCOCC.FC(Cl)C(F)(F)Cl. The quantitative estimate of drug-likeness (QED) is 0.671. The molecule has 0 aliphatic carbocycles. The lowest BCUT2D eigenvalue weighted by Gasteiger charge is -2.03. The van der Waals surface area contributed by atoms with E-state index in [4.69, 9.17) is 4.74 Å². The molecule has 0 fully saturated rings. The molecule has 12 heavy (non-hydrogen) atoms. The molecule has 1 unspecified atom stereocenters. The minimum absolute atomic E-state index is 0.844. The van der Waals surface area contributed by atoms with E-state index in [0.29, 0.717) is 0 Å². The maximum Gasteiger partial charge on any atom is 0.366 e. The Morgan fingerprint density at radius 1 is 1.33 bits per heavy atom. The van der Waals surface area contributed by atoms with Crippen molar-refractivity contribution in [3.63, 3.8) is 0 Å². The van der Waals surface area contributed by atoms with E-state index < -0.39 is 11.0 Å². The van der Waals surface area contributed by atoms with E-state index >= 15 is 0 Å². The zero-order valence-corrected chi connectivity index (χ0v) is 8.30. The van der Waals surface area contributed by atoms with Crippen molar-refractivity contribution in [2.75, 3.05) is 13.2 Å². The van der Waals surface area contributed by atoms with Crippen molar-refractivity contribution in [2.45, 2.75) is 24.9 Å². The minimum atomic E-state index is -3.93. The smallest absolute Gasteiger partial charge is 0.366 e. The lowest BCUT2D eigenvalue weighted by Crippen LogP contribution is -2.16. The van der Waals surface area contributed by atoms with Gasteiger partial charge < -0.3 is 4.74 Å². The molecule has 0 aromatic rings. The summed E-state index contributed by atoms with van der Waals surface area (Å²) < 4.78 is 38.1. The Labute approximate surface area is 79.8 Å². The zero-order chi connectivity index (χ0) is 10.2. The lowest BCUT2D eigenvalue weighted by molar-refractivity contribution is 0.0451. The van der Waals surface area contributed by atoms with Crippen molar-refractivity contribution in [3.8, 4) is 0 Å². The summed E-state index contributed by atoms with van der Waals surface area (Å²) in [7, 11) is 0. The molecule has 6 heteroatoms. The molecule has 0 aliphatic rings. The first-order valence-electron chi connectivity index (χ1n) is 3.28. The molecule has 0 aromatic heterocycles. The Kier molecular flexibility index (Phi) is 9.83. The maximum atomic E-state index is 11.1. The van der Waals surface area contributed by atoms with E-state index in [2.05, 4.69) is 23.2 Å². The van der Waals surface area contributed by atoms with Crippen molar-refractivity contribution in [1.82, 2.24) is 0 Å². The van der Waals surface area contributed by atoms with Gasteiger partial charge in [-0.15, -0.1) is 0 Å². The van der Waals surface area contributed by atoms with E-state index in [9.17, 15) is 13.2 Å². The van der Waals surface area contributed by atoms with Gasteiger partial charge in [0.2, 0.25) is 0 Å². The highest BCUT2D eigenvalue weighted by molar-refractivity contribution is 6.30. The standard InChI is InChI=1S/C4H10O.C2HCl2F3/c1-3-5-4-2;3-1(5)2(4,6)7/h3-4H2,1-2H3;1H.